The van der Waals surface area contributed by atoms with Gasteiger partial charge in [-0.15, -0.1) is 0 Å². The predicted molar refractivity (Wildman–Crippen MR) is 93.1 cm³/mol. The highest BCUT2D eigenvalue weighted by Gasteiger charge is 2.23. The van der Waals surface area contributed by atoms with Crippen LogP contribution in [0.1, 0.15) is 19.3 Å². The van der Waals surface area contributed by atoms with Crippen molar-refractivity contribution in [2.24, 2.45) is 0 Å². The molecule has 1 fully saturated rings. The maximum atomic E-state index is 12.3. The molecule has 1 aliphatic rings. The van der Waals surface area contributed by atoms with E-state index in [1.54, 1.807) is 30.5 Å². The van der Waals surface area contributed by atoms with Crippen molar-refractivity contribution in [2.45, 2.75) is 36.7 Å². The molecule has 0 radical (unpaired) electrons. The van der Waals surface area contributed by atoms with Crippen LogP contribution in [0.15, 0.2) is 53.7 Å². The molecule has 0 bridgehead atoms. The van der Waals surface area contributed by atoms with Crippen LogP contribution < -0.4 is 4.72 Å². The van der Waals surface area contributed by atoms with Crippen molar-refractivity contribution in [1.82, 2.24) is 19.4 Å². The lowest BCUT2D eigenvalue weighted by atomic mass is 10.0. The Morgan fingerprint density at radius 3 is 2.75 bits per heavy atom. The van der Waals surface area contributed by atoms with E-state index in [2.05, 4.69) is 14.7 Å². The topological polar surface area (TPSA) is 67.2 Å². The zero-order valence-electron chi connectivity index (χ0n) is 13.7. The fourth-order valence-corrected chi connectivity index (χ4v) is 4.23. The first-order chi connectivity index (χ1) is 11.6. The Kier molecular flexibility index (Phi) is 5.65. The van der Waals surface area contributed by atoms with Crippen LogP contribution in [0.2, 0.25) is 0 Å². The van der Waals surface area contributed by atoms with Gasteiger partial charge in [0.2, 0.25) is 10.0 Å². The van der Waals surface area contributed by atoms with Gasteiger partial charge in [0.1, 0.15) is 0 Å². The highest BCUT2D eigenvalue weighted by Crippen LogP contribution is 2.18. The van der Waals surface area contributed by atoms with Crippen molar-refractivity contribution in [1.29, 1.82) is 0 Å². The number of nitrogens with one attached hydrogen (secondary N) is 1. The summed E-state index contributed by atoms with van der Waals surface area (Å²) in [6, 6.07) is 10.9. The van der Waals surface area contributed by atoms with Gasteiger partial charge in [-0.3, -0.25) is 9.58 Å². The van der Waals surface area contributed by atoms with Crippen molar-refractivity contribution >= 4 is 10.0 Å². The minimum absolute atomic E-state index is 0.316. The van der Waals surface area contributed by atoms with E-state index in [0.29, 0.717) is 17.5 Å². The maximum Gasteiger partial charge on any atom is 0.240 e. The molecule has 1 saturated heterocycles. The van der Waals surface area contributed by atoms with E-state index < -0.39 is 10.0 Å². The molecular weight excluding hydrogens is 324 g/mol. The van der Waals surface area contributed by atoms with E-state index >= 15 is 0 Å². The number of benzene rings is 1. The summed E-state index contributed by atoms with van der Waals surface area (Å²) in [4.78, 5) is 2.69. The third kappa shape index (κ3) is 4.43. The Bertz CT molecular complexity index is 716. The number of sulfonamides is 1. The van der Waals surface area contributed by atoms with Crippen LogP contribution in [0.4, 0.5) is 0 Å². The second-order valence-electron chi connectivity index (χ2n) is 6.12. The van der Waals surface area contributed by atoms with E-state index in [9.17, 15) is 8.42 Å². The third-order valence-corrected chi connectivity index (χ3v) is 5.93. The normalized spacial score (nSPS) is 19.4. The first kappa shape index (κ1) is 17.1. The van der Waals surface area contributed by atoms with E-state index in [1.807, 2.05) is 23.0 Å². The molecule has 0 saturated carbocycles. The van der Waals surface area contributed by atoms with Crippen molar-refractivity contribution in [3.63, 3.8) is 0 Å². The Hall–Kier alpha value is -1.70. The molecule has 1 N–H and O–H groups in total. The van der Waals surface area contributed by atoms with Gasteiger partial charge >= 0.3 is 0 Å². The Labute approximate surface area is 143 Å². The van der Waals surface area contributed by atoms with Crippen molar-refractivity contribution < 1.29 is 8.42 Å². The summed E-state index contributed by atoms with van der Waals surface area (Å²) in [6.45, 7) is 3.02. The molecule has 0 amide bonds. The quantitative estimate of drug-likeness (QED) is 0.827. The zero-order chi connectivity index (χ0) is 16.8. The monoisotopic (exact) mass is 348 g/mol. The van der Waals surface area contributed by atoms with E-state index in [0.717, 1.165) is 26.1 Å². The summed E-state index contributed by atoms with van der Waals surface area (Å²) in [6.07, 6.45) is 7.29. The average Bonchev–Trinajstić information content (AvgIpc) is 3.10. The summed E-state index contributed by atoms with van der Waals surface area (Å²) in [5, 5.41) is 4.28. The molecule has 0 spiro atoms. The number of aromatic nitrogens is 2. The maximum absolute atomic E-state index is 12.3. The standard InChI is InChI=1S/C17H24N4O2S/c22-24(23,17-8-2-1-3-9-17)19-11-14-20-12-5-4-7-16(20)15-21-13-6-10-18-21/h1-3,6,8-10,13,16,19H,4-5,7,11-12,14-15H2. The Morgan fingerprint density at radius 1 is 1.17 bits per heavy atom. The number of piperidine rings is 1. The molecular formula is C17H24N4O2S. The number of nitrogens with zero attached hydrogens (tertiary/aromatic N) is 3. The molecule has 130 valence electrons. The predicted octanol–water partition coefficient (Wildman–Crippen LogP) is 1.72. The first-order valence-electron chi connectivity index (χ1n) is 8.41. The Morgan fingerprint density at radius 2 is 2.00 bits per heavy atom. The molecule has 2 heterocycles. The summed E-state index contributed by atoms with van der Waals surface area (Å²) in [5.41, 5.74) is 0. The van der Waals surface area contributed by atoms with Crippen LogP contribution in [-0.4, -0.2) is 48.8 Å². The van der Waals surface area contributed by atoms with Gasteiger partial charge in [0, 0.05) is 31.5 Å². The zero-order valence-corrected chi connectivity index (χ0v) is 14.5. The largest absolute Gasteiger partial charge is 0.297 e. The van der Waals surface area contributed by atoms with Crippen LogP contribution in [0, 0.1) is 0 Å². The van der Waals surface area contributed by atoms with Crippen LogP contribution in [-0.2, 0) is 16.6 Å². The number of hydrogen-bond donors (Lipinski definition) is 1. The van der Waals surface area contributed by atoms with Crippen LogP contribution in [0.3, 0.4) is 0 Å². The van der Waals surface area contributed by atoms with Gasteiger partial charge in [-0.25, -0.2) is 13.1 Å². The number of likely N-dealkylation sites (tertiary alicyclic amines) is 1. The molecule has 7 heteroatoms. The third-order valence-electron chi connectivity index (χ3n) is 4.45. The molecule has 3 rings (SSSR count). The second kappa shape index (κ2) is 7.92. The van der Waals surface area contributed by atoms with Crippen molar-refractivity contribution in [2.75, 3.05) is 19.6 Å². The second-order valence-corrected chi connectivity index (χ2v) is 7.89. The fourth-order valence-electron chi connectivity index (χ4n) is 3.19. The molecule has 1 aromatic carbocycles. The molecule has 1 atom stereocenters. The summed E-state index contributed by atoms with van der Waals surface area (Å²) in [5.74, 6) is 0. The lowest BCUT2D eigenvalue weighted by Crippen LogP contribution is -2.45. The van der Waals surface area contributed by atoms with E-state index in [4.69, 9.17) is 0 Å². The van der Waals surface area contributed by atoms with Gasteiger partial charge in [-0.2, -0.15) is 5.10 Å². The number of rotatable bonds is 7. The summed E-state index contributed by atoms with van der Waals surface area (Å²) in [7, 11) is -3.42. The molecule has 0 aliphatic carbocycles. The van der Waals surface area contributed by atoms with Crippen LogP contribution >= 0.6 is 0 Å². The van der Waals surface area contributed by atoms with E-state index in [1.165, 1.54) is 12.8 Å². The molecule has 6 nitrogen and oxygen atoms in total. The van der Waals surface area contributed by atoms with Gasteiger partial charge in [-0.1, -0.05) is 24.6 Å². The van der Waals surface area contributed by atoms with Gasteiger partial charge in [0.25, 0.3) is 0 Å². The van der Waals surface area contributed by atoms with Crippen LogP contribution in [0.5, 0.6) is 0 Å². The van der Waals surface area contributed by atoms with Gasteiger partial charge in [-0.05, 0) is 37.6 Å². The Balaban J connectivity index is 1.54. The molecule has 24 heavy (non-hydrogen) atoms. The minimum Gasteiger partial charge on any atom is -0.297 e. The van der Waals surface area contributed by atoms with Gasteiger partial charge in [0.05, 0.1) is 11.4 Å². The smallest absolute Gasteiger partial charge is 0.240 e. The minimum atomic E-state index is -3.42. The number of hydrogen-bond acceptors (Lipinski definition) is 4. The average molecular weight is 348 g/mol. The lowest BCUT2D eigenvalue weighted by Gasteiger charge is -2.35. The SMILES string of the molecule is O=S(=O)(NCCN1CCCCC1Cn1cccn1)c1ccccc1. The summed E-state index contributed by atoms with van der Waals surface area (Å²) < 4.78 is 29.2. The van der Waals surface area contributed by atoms with Gasteiger partial charge in [0.15, 0.2) is 0 Å². The molecule has 1 aliphatic heterocycles. The highest BCUT2D eigenvalue weighted by molar-refractivity contribution is 7.89. The molecule has 2 aromatic rings. The fraction of sp³-hybridized carbons (Fsp3) is 0.471. The van der Waals surface area contributed by atoms with Crippen molar-refractivity contribution in [3.05, 3.63) is 48.8 Å². The lowest BCUT2D eigenvalue weighted by molar-refractivity contribution is 0.132. The molecule has 1 unspecified atom stereocenters. The van der Waals surface area contributed by atoms with Gasteiger partial charge < -0.3 is 0 Å². The van der Waals surface area contributed by atoms with Crippen molar-refractivity contribution in [3.8, 4) is 0 Å². The molecule has 1 aromatic heterocycles. The van der Waals surface area contributed by atoms with Crippen LogP contribution in [0.25, 0.3) is 0 Å². The van der Waals surface area contributed by atoms with E-state index in [-0.39, 0.29) is 0 Å². The first-order valence-corrected chi connectivity index (χ1v) is 9.90. The summed E-state index contributed by atoms with van der Waals surface area (Å²) >= 11 is 0. The highest BCUT2D eigenvalue weighted by atomic mass is 32.2.